The van der Waals surface area contributed by atoms with Crippen LogP contribution in [0, 0.1) is 0 Å². The number of carbonyl (C=O) groups is 2. The van der Waals surface area contributed by atoms with Crippen molar-refractivity contribution in [2.45, 2.75) is 37.1 Å². The lowest BCUT2D eigenvalue weighted by atomic mass is 9.91. The minimum Gasteiger partial charge on any atom is -0.368 e. The summed E-state index contributed by atoms with van der Waals surface area (Å²) < 4.78 is 0. The molecule has 158 valence electrons. The molecule has 1 aliphatic heterocycles. The number of hydrogen-bond donors (Lipinski definition) is 1. The van der Waals surface area contributed by atoms with Crippen LogP contribution in [0.3, 0.4) is 0 Å². The van der Waals surface area contributed by atoms with Gasteiger partial charge in [0.05, 0.1) is 0 Å². The van der Waals surface area contributed by atoms with E-state index in [0.29, 0.717) is 34.5 Å². The molecule has 1 fully saturated rings. The normalized spacial score (nSPS) is 19.3. The molecule has 1 atom stereocenters. The van der Waals surface area contributed by atoms with Crippen LogP contribution < -0.4 is 5.73 Å². The lowest BCUT2D eigenvalue weighted by molar-refractivity contribution is -0.122. The zero-order valence-electron chi connectivity index (χ0n) is 17.5. The fraction of sp³-hybridized carbons (Fsp3) is 0.417. The van der Waals surface area contributed by atoms with Crippen LogP contribution >= 0.6 is 11.6 Å². The summed E-state index contributed by atoms with van der Waals surface area (Å²) in [7, 11) is 4.23. The van der Waals surface area contributed by atoms with Gasteiger partial charge in [0.25, 0.3) is 5.91 Å². The molecule has 0 saturated heterocycles. The Kier molecular flexibility index (Phi) is 5.60. The molecular weight excluding hydrogens is 398 g/mol. The van der Waals surface area contributed by atoms with Crippen LogP contribution in [0.25, 0.3) is 0 Å². The zero-order chi connectivity index (χ0) is 21.5. The van der Waals surface area contributed by atoms with E-state index >= 15 is 0 Å². The summed E-state index contributed by atoms with van der Waals surface area (Å²) in [4.78, 5) is 28.7. The zero-order valence-corrected chi connectivity index (χ0v) is 18.3. The molecule has 2 aliphatic rings. The van der Waals surface area contributed by atoms with Crippen molar-refractivity contribution in [2.24, 2.45) is 5.73 Å². The highest BCUT2D eigenvalue weighted by Crippen LogP contribution is 2.51. The standard InChI is InChI=1S/C24H28ClN3O2/c1-27(2)14-12-24(10-11-24)17-5-3-16(4-6-17)9-13-28-21(22(26)29)20-15-18(25)7-8-19(20)23(28)30/h3-8,15,21H,9-14H2,1-2H3,(H2,26,29). The van der Waals surface area contributed by atoms with Crippen molar-refractivity contribution >= 4 is 23.4 Å². The predicted octanol–water partition coefficient (Wildman–Crippen LogP) is 3.55. The monoisotopic (exact) mass is 425 g/mol. The van der Waals surface area contributed by atoms with Gasteiger partial charge in [-0.2, -0.15) is 0 Å². The van der Waals surface area contributed by atoms with E-state index in [-0.39, 0.29) is 5.91 Å². The van der Waals surface area contributed by atoms with E-state index in [1.165, 1.54) is 24.8 Å². The molecule has 0 radical (unpaired) electrons. The molecule has 5 nitrogen and oxygen atoms in total. The summed E-state index contributed by atoms with van der Waals surface area (Å²) in [6, 6.07) is 13.0. The van der Waals surface area contributed by atoms with Crippen LogP contribution in [-0.2, 0) is 16.6 Å². The molecule has 6 heteroatoms. The predicted molar refractivity (Wildman–Crippen MR) is 119 cm³/mol. The molecule has 4 rings (SSSR count). The quantitative estimate of drug-likeness (QED) is 0.703. The SMILES string of the molecule is CN(C)CCC1(c2ccc(CCN3C(=O)c4ccc(Cl)cc4C3C(N)=O)cc2)CC1. The molecule has 2 aromatic carbocycles. The number of carbonyl (C=O) groups excluding carboxylic acids is 2. The molecule has 2 amide bonds. The Hall–Kier alpha value is -2.37. The average Bonchev–Trinajstić information content (AvgIpc) is 3.45. The summed E-state index contributed by atoms with van der Waals surface area (Å²) in [5.74, 6) is -0.695. The van der Waals surface area contributed by atoms with E-state index in [4.69, 9.17) is 17.3 Å². The Morgan fingerprint density at radius 2 is 1.90 bits per heavy atom. The first-order valence-electron chi connectivity index (χ1n) is 10.4. The van der Waals surface area contributed by atoms with E-state index in [1.807, 2.05) is 0 Å². The molecule has 0 spiro atoms. The molecule has 1 saturated carbocycles. The minimum absolute atomic E-state index is 0.164. The third-order valence-electron chi connectivity index (χ3n) is 6.48. The van der Waals surface area contributed by atoms with Gasteiger partial charge in [0, 0.05) is 17.1 Å². The van der Waals surface area contributed by atoms with Crippen LogP contribution in [0.2, 0.25) is 5.02 Å². The van der Waals surface area contributed by atoms with E-state index in [9.17, 15) is 9.59 Å². The van der Waals surface area contributed by atoms with Crippen molar-refractivity contribution < 1.29 is 9.59 Å². The van der Waals surface area contributed by atoms with E-state index in [2.05, 4.69) is 43.3 Å². The molecule has 2 N–H and O–H groups in total. The maximum Gasteiger partial charge on any atom is 0.255 e. The summed E-state index contributed by atoms with van der Waals surface area (Å²) in [5, 5.41) is 0.494. The molecule has 2 aromatic rings. The number of nitrogens with two attached hydrogens (primary N) is 1. The number of benzene rings is 2. The van der Waals surface area contributed by atoms with Crippen LogP contribution in [0.1, 0.15) is 52.4 Å². The third kappa shape index (κ3) is 3.96. The second kappa shape index (κ2) is 8.05. The van der Waals surface area contributed by atoms with E-state index in [0.717, 1.165) is 12.1 Å². The Morgan fingerprint density at radius 3 is 2.50 bits per heavy atom. The largest absolute Gasteiger partial charge is 0.368 e. The van der Waals surface area contributed by atoms with Crippen LogP contribution in [-0.4, -0.2) is 48.8 Å². The number of primary amides is 1. The summed E-state index contributed by atoms with van der Waals surface area (Å²) in [5.41, 5.74) is 9.63. The van der Waals surface area contributed by atoms with Gasteiger partial charge >= 0.3 is 0 Å². The number of amides is 2. The fourth-order valence-corrected chi connectivity index (χ4v) is 4.66. The molecule has 1 unspecified atom stereocenters. The highest BCUT2D eigenvalue weighted by atomic mass is 35.5. The van der Waals surface area contributed by atoms with Crippen molar-refractivity contribution in [3.63, 3.8) is 0 Å². The van der Waals surface area contributed by atoms with Gasteiger partial charge in [-0.3, -0.25) is 9.59 Å². The van der Waals surface area contributed by atoms with Crippen molar-refractivity contribution in [1.29, 1.82) is 0 Å². The Balaban J connectivity index is 1.45. The second-order valence-corrected chi connectivity index (χ2v) is 9.25. The number of halogens is 1. The van der Waals surface area contributed by atoms with Gasteiger partial charge in [-0.25, -0.2) is 0 Å². The Bertz CT molecular complexity index is 967. The first kappa shape index (κ1) is 20.9. The van der Waals surface area contributed by atoms with Gasteiger partial charge in [0.2, 0.25) is 5.91 Å². The van der Waals surface area contributed by atoms with Crippen LogP contribution in [0.15, 0.2) is 42.5 Å². The number of nitrogens with zero attached hydrogens (tertiary/aromatic N) is 2. The summed E-state index contributed by atoms with van der Waals surface area (Å²) in [6.45, 7) is 1.53. The van der Waals surface area contributed by atoms with Gasteiger partial charge in [-0.05, 0) is 86.6 Å². The minimum atomic E-state index is -0.758. The molecule has 0 aromatic heterocycles. The first-order valence-corrected chi connectivity index (χ1v) is 10.8. The molecular formula is C24H28ClN3O2. The number of hydrogen-bond acceptors (Lipinski definition) is 3. The molecule has 0 bridgehead atoms. The number of fused-ring (bicyclic) bond motifs is 1. The van der Waals surface area contributed by atoms with Crippen LogP contribution in [0.4, 0.5) is 0 Å². The van der Waals surface area contributed by atoms with Crippen molar-refractivity contribution in [3.8, 4) is 0 Å². The smallest absolute Gasteiger partial charge is 0.255 e. The van der Waals surface area contributed by atoms with Gasteiger partial charge in [-0.15, -0.1) is 0 Å². The molecule has 30 heavy (non-hydrogen) atoms. The highest BCUT2D eigenvalue weighted by Gasteiger charge is 2.43. The second-order valence-electron chi connectivity index (χ2n) is 8.82. The molecule has 1 aliphatic carbocycles. The highest BCUT2D eigenvalue weighted by molar-refractivity contribution is 6.31. The van der Waals surface area contributed by atoms with Gasteiger partial charge in [0.15, 0.2) is 0 Å². The maximum atomic E-state index is 12.8. The number of rotatable bonds is 8. The van der Waals surface area contributed by atoms with Crippen LogP contribution in [0.5, 0.6) is 0 Å². The van der Waals surface area contributed by atoms with E-state index in [1.54, 1.807) is 23.1 Å². The maximum absolute atomic E-state index is 12.8. The molecule has 1 heterocycles. The van der Waals surface area contributed by atoms with E-state index < -0.39 is 11.9 Å². The van der Waals surface area contributed by atoms with Crippen molar-refractivity contribution in [3.05, 3.63) is 69.7 Å². The fourth-order valence-electron chi connectivity index (χ4n) is 4.48. The van der Waals surface area contributed by atoms with Gasteiger partial charge in [0.1, 0.15) is 6.04 Å². The summed E-state index contributed by atoms with van der Waals surface area (Å²) in [6.07, 6.45) is 4.36. The lowest BCUT2D eigenvalue weighted by Crippen LogP contribution is -2.37. The summed E-state index contributed by atoms with van der Waals surface area (Å²) >= 11 is 6.07. The Labute approximate surface area is 182 Å². The van der Waals surface area contributed by atoms with Gasteiger partial charge in [-0.1, -0.05) is 35.9 Å². The van der Waals surface area contributed by atoms with Crippen molar-refractivity contribution in [2.75, 3.05) is 27.2 Å². The van der Waals surface area contributed by atoms with Gasteiger partial charge < -0.3 is 15.5 Å². The average molecular weight is 426 g/mol. The topological polar surface area (TPSA) is 66.6 Å². The lowest BCUT2D eigenvalue weighted by Gasteiger charge is -2.23. The Morgan fingerprint density at radius 1 is 1.20 bits per heavy atom. The van der Waals surface area contributed by atoms with Crippen molar-refractivity contribution in [1.82, 2.24) is 9.80 Å². The third-order valence-corrected chi connectivity index (χ3v) is 6.71. The first-order chi connectivity index (χ1) is 14.3.